The van der Waals surface area contributed by atoms with Crippen molar-refractivity contribution < 1.29 is 26.9 Å². The Morgan fingerprint density at radius 2 is 0.844 bits per heavy atom. The van der Waals surface area contributed by atoms with Gasteiger partial charge in [-0.2, -0.15) is 0 Å². The van der Waals surface area contributed by atoms with Crippen LogP contribution in [0.3, 0.4) is 0 Å². The van der Waals surface area contributed by atoms with Crippen molar-refractivity contribution >= 4 is 41.6 Å². The molecule has 1 rings (SSSR count). The predicted octanol–water partition coefficient (Wildman–Crippen LogP) is 6.07. The molecule has 5 atom stereocenters. The van der Waals surface area contributed by atoms with Gasteiger partial charge in [-0.1, -0.05) is 0 Å². The topological polar surface area (TPSA) is 55.4 Å². The van der Waals surface area contributed by atoms with E-state index in [2.05, 4.69) is 98.2 Å². The molecule has 1 fully saturated rings. The molecule has 0 saturated carbocycles. The van der Waals surface area contributed by atoms with Crippen molar-refractivity contribution in [2.24, 2.45) is 0 Å². The summed E-state index contributed by atoms with van der Waals surface area (Å²) in [6.07, 6.45) is -1.54. The van der Waals surface area contributed by atoms with Crippen LogP contribution in [0.1, 0.15) is 0 Å². The Hall–Kier alpha value is 0.844. The first kappa shape index (κ1) is 30.9. The van der Waals surface area contributed by atoms with Gasteiger partial charge in [-0.25, -0.2) is 0 Å². The van der Waals surface area contributed by atoms with E-state index in [9.17, 15) is 0 Å². The maximum Gasteiger partial charge on any atom is 0.187 e. The summed E-state index contributed by atoms with van der Waals surface area (Å²) in [6.45, 7) is 33.6. The van der Waals surface area contributed by atoms with E-state index < -0.39 is 47.9 Å². The van der Waals surface area contributed by atoms with Gasteiger partial charge < -0.3 is 26.9 Å². The van der Waals surface area contributed by atoms with Crippen molar-refractivity contribution in [1.82, 2.24) is 0 Å². The van der Waals surface area contributed by atoms with Crippen molar-refractivity contribution in [3.8, 4) is 0 Å². The Bertz CT molecular complexity index is 586. The van der Waals surface area contributed by atoms with Gasteiger partial charge in [0.25, 0.3) is 0 Å². The predicted molar refractivity (Wildman–Crippen MR) is 147 cm³/mol. The van der Waals surface area contributed by atoms with E-state index in [0.29, 0.717) is 6.61 Å². The second kappa shape index (κ2) is 10.8. The highest BCUT2D eigenvalue weighted by Gasteiger charge is 2.52. The van der Waals surface area contributed by atoms with Crippen LogP contribution in [-0.2, 0) is 26.9 Å². The van der Waals surface area contributed by atoms with Crippen molar-refractivity contribution in [2.45, 2.75) is 129 Å². The highest BCUT2D eigenvalue weighted by atomic mass is 28.4. The minimum Gasteiger partial charge on any atom is -0.415 e. The van der Waals surface area contributed by atoms with E-state index in [1.165, 1.54) is 0 Å². The third-order valence-electron chi connectivity index (χ3n) is 4.21. The van der Waals surface area contributed by atoms with Crippen LogP contribution >= 0.6 is 0 Å². The van der Waals surface area contributed by atoms with Crippen LogP contribution in [-0.4, -0.2) is 78.9 Å². The summed E-state index contributed by atoms with van der Waals surface area (Å²) >= 11 is 0. The van der Waals surface area contributed by atoms with Crippen molar-refractivity contribution in [1.29, 1.82) is 0 Å². The zero-order valence-electron chi connectivity index (χ0n) is 23.5. The van der Waals surface area contributed by atoms with E-state index in [1.807, 2.05) is 0 Å². The van der Waals surface area contributed by atoms with E-state index in [1.54, 1.807) is 0 Å². The van der Waals surface area contributed by atoms with Crippen LogP contribution < -0.4 is 0 Å². The molecule has 32 heavy (non-hydrogen) atoms. The molecule has 0 amide bonds. The Morgan fingerprint density at radius 3 is 1.22 bits per heavy atom. The van der Waals surface area contributed by atoms with Gasteiger partial charge in [-0.3, -0.25) is 0 Å². The van der Waals surface area contributed by atoms with Crippen LogP contribution in [0.15, 0.2) is 0 Å². The lowest BCUT2D eigenvalue weighted by atomic mass is 9.99. The average Bonchev–Trinajstić information content (AvgIpc) is 2.45. The van der Waals surface area contributed by atoms with E-state index in [0.717, 1.165) is 0 Å². The molecule has 0 spiro atoms. The fourth-order valence-corrected chi connectivity index (χ4v) is 8.21. The fourth-order valence-electron chi connectivity index (χ4n) is 3.41. The summed E-state index contributed by atoms with van der Waals surface area (Å²) < 4.78 is 39.9. The van der Waals surface area contributed by atoms with Gasteiger partial charge in [0.2, 0.25) is 0 Å². The Morgan fingerprint density at radius 1 is 0.469 bits per heavy atom. The first-order chi connectivity index (χ1) is 14.0. The third-order valence-corrected chi connectivity index (χ3v) is 9.12. The quantitative estimate of drug-likeness (QED) is 0.296. The van der Waals surface area contributed by atoms with Crippen LogP contribution in [0.5, 0.6) is 0 Å². The van der Waals surface area contributed by atoms with E-state index in [4.69, 9.17) is 26.9 Å². The molecule has 192 valence electrons. The van der Waals surface area contributed by atoms with Gasteiger partial charge in [0.1, 0.15) is 24.4 Å². The molecule has 11 heteroatoms. The summed E-state index contributed by atoms with van der Waals surface area (Å²) in [6, 6.07) is 0. The highest BCUT2D eigenvalue weighted by Crippen LogP contribution is 2.35. The maximum absolute atomic E-state index is 6.85. The molecule has 1 unspecified atom stereocenters. The first-order valence-electron chi connectivity index (χ1n) is 12.0. The molecule has 0 aromatic rings. The van der Waals surface area contributed by atoms with Crippen molar-refractivity contribution in [3.05, 3.63) is 0 Å². The minimum atomic E-state index is -1.92. The van der Waals surface area contributed by atoms with Gasteiger partial charge in [0, 0.05) is 0 Å². The summed E-state index contributed by atoms with van der Waals surface area (Å²) in [4.78, 5) is 0. The lowest BCUT2D eigenvalue weighted by Crippen LogP contribution is -2.67. The molecule has 1 saturated heterocycles. The average molecular weight is 541 g/mol. The monoisotopic (exact) mass is 540 g/mol. The van der Waals surface area contributed by atoms with Gasteiger partial charge in [-0.15, -0.1) is 0 Å². The minimum absolute atomic E-state index is 0.243. The van der Waals surface area contributed by atoms with Crippen LogP contribution in [0.4, 0.5) is 0 Å². The van der Waals surface area contributed by atoms with Gasteiger partial charge >= 0.3 is 0 Å². The molecular formula is C21H52O6Si5. The molecular weight excluding hydrogens is 489 g/mol. The lowest BCUT2D eigenvalue weighted by Gasteiger charge is -2.51. The summed E-state index contributed by atoms with van der Waals surface area (Å²) in [7, 11) is -9.37. The highest BCUT2D eigenvalue weighted by molar-refractivity contribution is 6.71. The summed E-state index contributed by atoms with van der Waals surface area (Å²) in [5.41, 5.74) is 0. The SMILES string of the molecule is C[Si](C)(C)OC[C@H]1OC(O[Si](C)(C)C)[C@H](O[Si](C)(C)C)[C@@H](O[Si](C)(C)C)[C@@H]1O[Si](C)(C)C. The fraction of sp³-hybridized carbons (Fsp3) is 1.00. The number of ether oxygens (including phenoxy) is 1. The smallest absolute Gasteiger partial charge is 0.187 e. The molecule has 1 heterocycles. The maximum atomic E-state index is 6.85. The molecule has 0 radical (unpaired) electrons. The zero-order chi connectivity index (χ0) is 25.3. The molecule has 0 aliphatic carbocycles. The Balaban J connectivity index is 3.50. The summed E-state index contributed by atoms with van der Waals surface area (Å²) in [5, 5.41) is 0. The number of rotatable bonds is 11. The van der Waals surface area contributed by atoms with Gasteiger partial charge in [-0.05, 0) is 98.2 Å². The molecule has 1 aliphatic heterocycles. The molecule has 0 bridgehead atoms. The third kappa shape index (κ3) is 12.5. The molecule has 0 aromatic heterocycles. The van der Waals surface area contributed by atoms with Crippen LogP contribution in [0, 0.1) is 0 Å². The largest absolute Gasteiger partial charge is 0.415 e. The standard InChI is InChI=1S/C21H52O6Si5/c1-28(2,3)22-16-17-18(24-29(4,5)6)19(25-30(7,8)9)20(26-31(10,11)12)21(23-17)27-32(13,14)15/h17-21H,16H2,1-15H3/t17-,18-,19+,20-,21?/m1/s1. The second-order valence-electron chi connectivity index (χ2n) is 13.8. The Kier molecular flexibility index (Phi) is 10.5. The molecule has 0 N–H and O–H groups in total. The summed E-state index contributed by atoms with van der Waals surface area (Å²) in [5.74, 6) is 0. The number of hydrogen-bond acceptors (Lipinski definition) is 6. The van der Waals surface area contributed by atoms with Crippen LogP contribution in [0.2, 0.25) is 98.2 Å². The van der Waals surface area contributed by atoms with E-state index >= 15 is 0 Å². The lowest BCUT2D eigenvalue weighted by molar-refractivity contribution is -0.268. The zero-order valence-corrected chi connectivity index (χ0v) is 28.5. The normalized spacial score (nSPS) is 28.8. The molecule has 6 nitrogen and oxygen atoms in total. The molecule has 1 aliphatic rings. The second-order valence-corrected chi connectivity index (χ2v) is 36.1. The number of hydrogen-bond donors (Lipinski definition) is 0. The van der Waals surface area contributed by atoms with Crippen molar-refractivity contribution in [2.75, 3.05) is 6.61 Å². The Labute approximate surface area is 203 Å². The van der Waals surface area contributed by atoms with Crippen molar-refractivity contribution in [3.63, 3.8) is 0 Å². The first-order valence-corrected chi connectivity index (χ1v) is 29.0. The van der Waals surface area contributed by atoms with Gasteiger partial charge in [0.05, 0.1) is 6.61 Å². The molecule has 0 aromatic carbocycles. The van der Waals surface area contributed by atoms with Crippen LogP contribution in [0.25, 0.3) is 0 Å². The van der Waals surface area contributed by atoms with E-state index in [-0.39, 0.29) is 24.4 Å². The van der Waals surface area contributed by atoms with Gasteiger partial charge in [0.15, 0.2) is 47.9 Å².